The lowest BCUT2D eigenvalue weighted by Gasteiger charge is -2.30. The molecule has 0 radical (unpaired) electrons. The third-order valence-electron chi connectivity index (χ3n) is 4.74. The molecule has 25 heavy (non-hydrogen) atoms. The quantitative estimate of drug-likeness (QED) is 0.872. The summed E-state index contributed by atoms with van der Waals surface area (Å²) in [5.41, 5.74) is 0.662. The molecule has 0 spiro atoms. The molecule has 1 amide bonds. The minimum absolute atomic E-state index is 0.0894. The maximum absolute atomic E-state index is 12.6. The molecule has 5 nitrogen and oxygen atoms in total. The van der Waals surface area contributed by atoms with Crippen LogP contribution in [0.3, 0.4) is 0 Å². The number of thiazole rings is 1. The van der Waals surface area contributed by atoms with Gasteiger partial charge in [0.15, 0.2) is 0 Å². The van der Waals surface area contributed by atoms with Gasteiger partial charge < -0.3 is 10.2 Å². The van der Waals surface area contributed by atoms with E-state index in [1.807, 2.05) is 23.2 Å². The number of nitrogens with zero attached hydrogens (tertiary/aromatic N) is 3. The molecule has 0 aromatic carbocycles. The van der Waals surface area contributed by atoms with E-state index in [-0.39, 0.29) is 11.9 Å². The summed E-state index contributed by atoms with van der Waals surface area (Å²) in [6, 6.07) is 3.84. The number of amides is 1. The van der Waals surface area contributed by atoms with E-state index in [9.17, 15) is 4.79 Å². The van der Waals surface area contributed by atoms with Gasteiger partial charge in [-0.25, -0.2) is 9.97 Å². The van der Waals surface area contributed by atoms with Crippen LogP contribution in [0.5, 0.6) is 0 Å². The zero-order chi connectivity index (χ0) is 17.8. The summed E-state index contributed by atoms with van der Waals surface area (Å²) in [5, 5.41) is 4.42. The molecule has 134 valence electrons. The smallest absolute Gasteiger partial charge is 0.255 e. The molecule has 3 rings (SSSR count). The van der Waals surface area contributed by atoms with Crippen molar-refractivity contribution in [1.29, 1.82) is 0 Å². The van der Waals surface area contributed by atoms with Gasteiger partial charge in [0.05, 0.1) is 11.6 Å². The highest BCUT2D eigenvalue weighted by Gasteiger charge is 2.21. The number of hydrogen-bond donors (Lipinski definition) is 1. The van der Waals surface area contributed by atoms with Crippen molar-refractivity contribution >= 4 is 23.1 Å². The predicted molar refractivity (Wildman–Crippen MR) is 102 cm³/mol. The minimum atomic E-state index is 0.0894. The fraction of sp³-hybridized carbons (Fsp3) is 0.526. The Labute approximate surface area is 153 Å². The van der Waals surface area contributed by atoms with E-state index in [1.54, 1.807) is 17.5 Å². The third kappa shape index (κ3) is 4.37. The van der Waals surface area contributed by atoms with Gasteiger partial charge in [0.1, 0.15) is 10.8 Å². The fourth-order valence-corrected chi connectivity index (χ4v) is 3.83. The molecule has 2 aromatic rings. The largest absolute Gasteiger partial charge is 0.361 e. The van der Waals surface area contributed by atoms with Crippen LogP contribution in [0, 0.1) is 5.92 Å². The van der Waals surface area contributed by atoms with Crippen LogP contribution in [0.2, 0.25) is 0 Å². The minimum Gasteiger partial charge on any atom is -0.361 e. The average Bonchev–Trinajstić information content (AvgIpc) is 3.12. The van der Waals surface area contributed by atoms with Gasteiger partial charge in [0.2, 0.25) is 0 Å². The van der Waals surface area contributed by atoms with Crippen LogP contribution in [0.1, 0.15) is 59.9 Å². The van der Waals surface area contributed by atoms with Crippen LogP contribution < -0.4 is 5.32 Å². The van der Waals surface area contributed by atoms with Gasteiger partial charge in [-0.1, -0.05) is 13.8 Å². The summed E-state index contributed by atoms with van der Waals surface area (Å²) < 4.78 is 0. The van der Waals surface area contributed by atoms with E-state index in [2.05, 4.69) is 36.1 Å². The summed E-state index contributed by atoms with van der Waals surface area (Å²) >= 11 is 1.73. The summed E-state index contributed by atoms with van der Waals surface area (Å²) in [6.07, 6.45) is 6.80. The number of carbonyl (C=O) groups is 1. The highest BCUT2D eigenvalue weighted by atomic mass is 32.1. The maximum atomic E-state index is 12.6. The van der Waals surface area contributed by atoms with Crippen molar-refractivity contribution in [3.05, 3.63) is 40.0 Å². The van der Waals surface area contributed by atoms with Gasteiger partial charge in [-0.2, -0.15) is 0 Å². The monoisotopic (exact) mass is 358 g/mol. The van der Waals surface area contributed by atoms with Crippen molar-refractivity contribution in [2.75, 3.05) is 18.4 Å². The lowest BCUT2D eigenvalue weighted by Crippen LogP contribution is -2.37. The van der Waals surface area contributed by atoms with E-state index in [0.29, 0.717) is 11.5 Å². The molecule has 0 saturated carbocycles. The number of pyridine rings is 1. The molecule has 1 saturated heterocycles. The highest BCUT2D eigenvalue weighted by Crippen LogP contribution is 2.24. The lowest BCUT2D eigenvalue weighted by atomic mass is 9.99. The predicted octanol–water partition coefficient (Wildman–Crippen LogP) is 4.15. The summed E-state index contributed by atoms with van der Waals surface area (Å²) in [6.45, 7) is 8.15. The summed E-state index contributed by atoms with van der Waals surface area (Å²) in [7, 11) is 0. The van der Waals surface area contributed by atoms with Crippen LogP contribution >= 0.6 is 11.3 Å². The van der Waals surface area contributed by atoms with E-state index in [1.165, 1.54) is 4.88 Å². The zero-order valence-corrected chi connectivity index (χ0v) is 16.0. The standard InChI is InChI=1S/C19H26N4OS/c1-4-16-12-21-18(25-16)14(3)22-17-6-5-15(11-20-17)19(24)23-9-7-13(2)8-10-23/h5-6,11-14H,4,7-10H2,1-3H3,(H,20,22). The first-order chi connectivity index (χ1) is 12.1. The Balaban J connectivity index is 1.60. The highest BCUT2D eigenvalue weighted by molar-refractivity contribution is 7.11. The first-order valence-electron chi connectivity index (χ1n) is 9.03. The Morgan fingerprint density at radius 3 is 2.68 bits per heavy atom. The number of likely N-dealkylation sites (tertiary alicyclic amines) is 1. The Kier molecular flexibility index (Phi) is 5.68. The normalized spacial score (nSPS) is 16.7. The number of nitrogens with one attached hydrogen (secondary N) is 1. The first-order valence-corrected chi connectivity index (χ1v) is 9.85. The molecule has 1 unspecified atom stereocenters. The van der Waals surface area contributed by atoms with Crippen LogP contribution in [-0.4, -0.2) is 33.9 Å². The van der Waals surface area contributed by atoms with Gasteiger partial charge in [0.25, 0.3) is 5.91 Å². The molecule has 1 aliphatic rings. The molecule has 1 fully saturated rings. The number of rotatable bonds is 5. The second-order valence-corrected chi connectivity index (χ2v) is 7.94. The third-order valence-corrected chi connectivity index (χ3v) is 6.06. The van der Waals surface area contributed by atoms with Gasteiger partial charge in [-0.15, -0.1) is 11.3 Å². The van der Waals surface area contributed by atoms with Crippen LogP contribution in [0.25, 0.3) is 0 Å². The van der Waals surface area contributed by atoms with Crippen LogP contribution in [-0.2, 0) is 6.42 Å². The molecule has 3 heterocycles. The molecule has 1 atom stereocenters. The van der Waals surface area contributed by atoms with Gasteiger partial charge in [0, 0.05) is 30.4 Å². The molecule has 0 aliphatic carbocycles. The number of anilines is 1. The van der Waals surface area contributed by atoms with E-state index >= 15 is 0 Å². The lowest BCUT2D eigenvalue weighted by molar-refractivity contribution is 0.0697. The molecule has 2 aromatic heterocycles. The number of piperidine rings is 1. The number of hydrogen-bond acceptors (Lipinski definition) is 5. The number of aryl methyl sites for hydroxylation is 1. The van der Waals surface area contributed by atoms with Crippen molar-refractivity contribution in [3.8, 4) is 0 Å². The van der Waals surface area contributed by atoms with Crippen LogP contribution in [0.15, 0.2) is 24.5 Å². The Bertz CT molecular complexity index is 704. The van der Waals surface area contributed by atoms with Crippen molar-refractivity contribution in [2.24, 2.45) is 5.92 Å². The second kappa shape index (κ2) is 7.95. The summed E-state index contributed by atoms with van der Waals surface area (Å²) in [4.78, 5) is 24.7. The molecular formula is C19H26N4OS. The molecule has 1 N–H and O–H groups in total. The number of aromatic nitrogens is 2. The van der Waals surface area contributed by atoms with E-state index in [4.69, 9.17) is 0 Å². The van der Waals surface area contributed by atoms with Gasteiger partial charge >= 0.3 is 0 Å². The Morgan fingerprint density at radius 1 is 1.32 bits per heavy atom. The average molecular weight is 359 g/mol. The Morgan fingerprint density at radius 2 is 2.08 bits per heavy atom. The fourth-order valence-electron chi connectivity index (χ4n) is 2.97. The van der Waals surface area contributed by atoms with Gasteiger partial charge in [-0.05, 0) is 44.2 Å². The first kappa shape index (κ1) is 17.9. The Hall–Kier alpha value is -1.95. The maximum Gasteiger partial charge on any atom is 0.255 e. The zero-order valence-electron chi connectivity index (χ0n) is 15.2. The van der Waals surface area contributed by atoms with Crippen LogP contribution in [0.4, 0.5) is 5.82 Å². The molecule has 1 aliphatic heterocycles. The van der Waals surface area contributed by atoms with Crippen molar-refractivity contribution < 1.29 is 4.79 Å². The topological polar surface area (TPSA) is 58.1 Å². The molecular weight excluding hydrogens is 332 g/mol. The number of carbonyl (C=O) groups excluding carboxylic acids is 1. The summed E-state index contributed by atoms with van der Waals surface area (Å²) in [5.74, 6) is 1.57. The van der Waals surface area contributed by atoms with Crippen molar-refractivity contribution in [3.63, 3.8) is 0 Å². The van der Waals surface area contributed by atoms with Gasteiger partial charge in [-0.3, -0.25) is 4.79 Å². The molecule has 0 bridgehead atoms. The van der Waals surface area contributed by atoms with E-state index < -0.39 is 0 Å². The second-order valence-electron chi connectivity index (χ2n) is 6.79. The van der Waals surface area contributed by atoms with Crippen molar-refractivity contribution in [2.45, 2.75) is 46.1 Å². The SMILES string of the molecule is CCc1cnc(C(C)Nc2ccc(C(=O)N3CCC(C)CC3)cn2)s1. The van der Waals surface area contributed by atoms with Crippen molar-refractivity contribution in [1.82, 2.24) is 14.9 Å². The van der Waals surface area contributed by atoms with E-state index in [0.717, 1.165) is 43.2 Å². The molecule has 6 heteroatoms.